The number of carbonyl (C=O) groups is 1. The highest BCUT2D eigenvalue weighted by Gasteiger charge is 2.24. The normalized spacial score (nSPS) is 14.8. The van der Waals surface area contributed by atoms with E-state index in [1.165, 1.54) is 0 Å². The number of anilines is 1. The van der Waals surface area contributed by atoms with E-state index >= 15 is 0 Å². The van der Waals surface area contributed by atoms with E-state index in [1.54, 1.807) is 24.3 Å². The quantitative estimate of drug-likeness (QED) is 0.698. The highest BCUT2D eigenvalue weighted by molar-refractivity contribution is 5.97. The second kappa shape index (κ2) is 6.51. The van der Waals surface area contributed by atoms with Gasteiger partial charge >= 0.3 is 0 Å². The van der Waals surface area contributed by atoms with Crippen molar-refractivity contribution in [1.82, 2.24) is 15.3 Å². The Bertz CT molecular complexity index is 1180. The third-order valence-corrected chi connectivity index (χ3v) is 5.22. The van der Waals surface area contributed by atoms with Crippen molar-refractivity contribution in [3.8, 4) is 28.3 Å². The molecule has 29 heavy (non-hydrogen) atoms. The third-order valence-electron chi connectivity index (χ3n) is 5.22. The van der Waals surface area contributed by atoms with Crippen LogP contribution in [-0.4, -0.2) is 29.0 Å². The Morgan fingerprint density at radius 3 is 2.72 bits per heavy atom. The summed E-state index contributed by atoms with van der Waals surface area (Å²) < 4.78 is 34.9. The molecular weight excluding hydrogens is 378 g/mol. The number of carbonyl (C=O) groups excluding carboxylic acids is 1. The third kappa shape index (κ3) is 2.88. The van der Waals surface area contributed by atoms with Crippen LogP contribution >= 0.6 is 0 Å². The predicted molar refractivity (Wildman–Crippen MR) is 102 cm³/mol. The molecule has 1 aromatic heterocycles. The minimum absolute atomic E-state index is 0.0150. The summed E-state index contributed by atoms with van der Waals surface area (Å²) in [5.74, 6) is -1.27. The molecule has 0 spiro atoms. The van der Waals surface area contributed by atoms with Gasteiger partial charge in [-0.05, 0) is 47.9 Å². The average molecular weight is 394 g/mol. The number of aromatic nitrogens is 2. The van der Waals surface area contributed by atoms with Gasteiger partial charge in [0.2, 0.25) is 5.95 Å². The summed E-state index contributed by atoms with van der Waals surface area (Å²) in [7, 11) is 0. The summed E-state index contributed by atoms with van der Waals surface area (Å²) in [5, 5.41) is 2.68. The van der Waals surface area contributed by atoms with E-state index in [9.17, 15) is 13.6 Å². The Labute approximate surface area is 164 Å². The number of hydrogen-bond acceptors (Lipinski definition) is 5. The molecule has 0 bridgehead atoms. The van der Waals surface area contributed by atoms with Crippen molar-refractivity contribution in [3.05, 3.63) is 58.8 Å². The summed E-state index contributed by atoms with van der Waals surface area (Å²) in [6.07, 6.45) is 1.28. The molecule has 1 amide bonds. The SMILES string of the molecule is Nc1nc(F)c(-c2ccc3c(c2)CCO3)nc1-c1cc2c(cc1F)C(=O)NCC2. The number of halogens is 2. The fourth-order valence-corrected chi connectivity index (χ4v) is 3.77. The first-order valence-electron chi connectivity index (χ1n) is 9.21. The number of amides is 1. The number of nitrogens with one attached hydrogen (secondary N) is 1. The number of nitrogen functional groups attached to an aromatic ring is 1. The van der Waals surface area contributed by atoms with Crippen molar-refractivity contribution in [2.24, 2.45) is 0 Å². The molecule has 3 N–H and O–H groups in total. The van der Waals surface area contributed by atoms with Gasteiger partial charge in [-0.2, -0.15) is 9.37 Å². The van der Waals surface area contributed by atoms with Gasteiger partial charge in [0.15, 0.2) is 5.82 Å². The Morgan fingerprint density at radius 1 is 1.00 bits per heavy atom. The highest BCUT2D eigenvalue weighted by Crippen LogP contribution is 2.34. The second-order valence-corrected chi connectivity index (χ2v) is 7.01. The lowest BCUT2D eigenvalue weighted by atomic mass is 9.96. The van der Waals surface area contributed by atoms with Crippen LogP contribution in [0.15, 0.2) is 30.3 Å². The Hall–Kier alpha value is -3.55. The predicted octanol–water partition coefficient (Wildman–Crippen LogP) is 2.89. The lowest BCUT2D eigenvalue weighted by Crippen LogP contribution is -2.32. The molecule has 2 aromatic carbocycles. The van der Waals surface area contributed by atoms with Crippen LogP contribution in [0.25, 0.3) is 22.5 Å². The maximum absolute atomic E-state index is 14.8. The van der Waals surface area contributed by atoms with Crippen LogP contribution in [0.4, 0.5) is 14.6 Å². The maximum Gasteiger partial charge on any atom is 0.251 e. The first-order valence-corrected chi connectivity index (χ1v) is 9.21. The molecule has 8 heteroatoms. The molecule has 0 saturated heterocycles. The van der Waals surface area contributed by atoms with E-state index in [0.717, 1.165) is 23.8 Å². The zero-order valence-corrected chi connectivity index (χ0v) is 15.3. The van der Waals surface area contributed by atoms with Crippen molar-refractivity contribution in [2.75, 3.05) is 18.9 Å². The lowest BCUT2D eigenvalue weighted by Gasteiger charge is -2.18. The molecule has 0 fully saturated rings. The molecule has 0 saturated carbocycles. The molecule has 0 radical (unpaired) electrons. The van der Waals surface area contributed by atoms with E-state index in [4.69, 9.17) is 10.5 Å². The smallest absolute Gasteiger partial charge is 0.251 e. The van der Waals surface area contributed by atoms with Crippen LogP contribution in [0.1, 0.15) is 21.5 Å². The van der Waals surface area contributed by atoms with Gasteiger partial charge in [0.05, 0.1) is 6.61 Å². The van der Waals surface area contributed by atoms with E-state index in [2.05, 4.69) is 15.3 Å². The van der Waals surface area contributed by atoms with Crippen LogP contribution in [-0.2, 0) is 12.8 Å². The molecule has 0 unspecified atom stereocenters. The van der Waals surface area contributed by atoms with Crippen LogP contribution in [0.2, 0.25) is 0 Å². The second-order valence-electron chi connectivity index (χ2n) is 7.01. The number of hydrogen-bond donors (Lipinski definition) is 2. The van der Waals surface area contributed by atoms with Gasteiger partial charge < -0.3 is 15.8 Å². The van der Waals surface area contributed by atoms with Gasteiger partial charge in [-0.25, -0.2) is 9.37 Å². The fourth-order valence-electron chi connectivity index (χ4n) is 3.77. The monoisotopic (exact) mass is 394 g/mol. The standard InChI is InChI=1S/C21H16F2N4O2/c22-15-9-13-10(3-5-25-21(13)28)8-14(15)18-20(24)27-19(23)17(26-18)12-1-2-16-11(7-12)4-6-29-16/h1-2,7-9H,3-6H2,(H2,24,27)(H,25,28). The van der Waals surface area contributed by atoms with Crippen molar-refractivity contribution < 1.29 is 18.3 Å². The minimum atomic E-state index is -0.831. The molecule has 3 aromatic rings. The van der Waals surface area contributed by atoms with E-state index in [1.807, 2.05) is 0 Å². The highest BCUT2D eigenvalue weighted by atomic mass is 19.1. The lowest BCUT2D eigenvalue weighted by molar-refractivity contribution is 0.0945. The molecule has 0 atom stereocenters. The van der Waals surface area contributed by atoms with E-state index in [-0.39, 0.29) is 34.2 Å². The van der Waals surface area contributed by atoms with Gasteiger partial charge in [-0.15, -0.1) is 0 Å². The summed E-state index contributed by atoms with van der Waals surface area (Å²) in [5.41, 5.74) is 8.44. The van der Waals surface area contributed by atoms with Crippen LogP contribution in [0.3, 0.4) is 0 Å². The van der Waals surface area contributed by atoms with Crippen molar-refractivity contribution in [2.45, 2.75) is 12.8 Å². The number of ether oxygens (including phenoxy) is 1. The maximum atomic E-state index is 14.8. The van der Waals surface area contributed by atoms with Crippen molar-refractivity contribution >= 4 is 11.7 Å². The van der Waals surface area contributed by atoms with Gasteiger partial charge in [0, 0.05) is 29.7 Å². The Balaban J connectivity index is 1.65. The first-order chi connectivity index (χ1) is 14.0. The molecule has 3 heterocycles. The molecule has 0 aliphatic carbocycles. The van der Waals surface area contributed by atoms with Crippen LogP contribution in [0.5, 0.6) is 5.75 Å². The van der Waals surface area contributed by atoms with E-state index < -0.39 is 11.8 Å². The van der Waals surface area contributed by atoms with Gasteiger partial charge in [-0.1, -0.05) is 0 Å². The summed E-state index contributed by atoms with van der Waals surface area (Å²) >= 11 is 0. The number of benzene rings is 2. The van der Waals surface area contributed by atoms with Gasteiger partial charge in [-0.3, -0.25) is 4.79 Å². The van der Waals surface area contributed by atoms with Crippen LogP contribution < -0.4 is 15.8 Å². The largest absolute Gasteiger partial charge is 0.493 e. The first kappa shape index (κ1) is 17.5. The summed E-state index contributed by atoms with van der Waals surface area (Å²) in [6.45, 7) is 1.04. The number of fused-ring (bicyclic) bond motifs is 2. The molecule has 5 rings (SSSR count). The molecule has 2 aliphatic rings. The Kier molecular flexibility index (Phi) is 3.94. The summed E-state index contributed by atoms with van der Waals surface area (Å²) in [4.78, 5) is 20.0. The molecule has 2 aliphatic heterocycles. The number of nitrogens with two attached hydrogens (primary N) is 1. The fraction of sp³-hybridized carbons (Fsp3) is 0.190. The molecule has 6 nitrogen and oxygen atoms in total. The zero-order chi connectivity index (χ0) is 20.1. The zero-order valence-electron chi connectivity index (χ0n) is 15.3. The molecular formula is C21H16F2N4O2. The van der Waals surface area contributed by atoms with Gasteiger partial charge in [0.25, 0.3) is 5.91 Å². The van der Waals surface area contributed by atoms with Crippen molar-refractivity contribution in [1.29, 1.82) is 0 Å². The number of nitrogens with zero attached hydrogens (tertiary/aromatic N) is 2. The minimum Gasteiger partial charge on any atom is -0.493 e. The van der Waals surface area contributed by atoms with Gasteiger partial charge in [0.1, 0.15) is 23.0 Å². The van der Waals surface area contributed by atoms with Crippen LogP contribution in [0, 0.1) is 11.8 Å². The van der Waals surface area contributed by atoms with E-state index in [0.29, 0.717) is 30.7 Å². The Morgan fingerprint density at radius 2 is 1.86 bits per heavy atom. The van der Waals surface area contributed by atoms with Crippen molar-refractivity contribution in [3.63, 3.8) is 0 Å². The average Bonchev–Trinajstić information content (AvgIpc) is 3.16. The summed E-state index contributed by atoms with van der Waals surface area (Å²) in [6, 6.07) is 7.94. The number of rotatable bonds is 2. The topological polar surface area (TPSA) is 90.1 Å². The molecule has 146 valence electrons.